The van der Waals surface area contributed by atoms with E-state index in [1.54, 1.807) is 6.07 Å². The molecule has 124 valence electrons. The van der Waals surface area contributed by atoms with Crippen molar-refractivity contribution in [2.45, 2.75) is 0 Å². The summed E-state index contributed by atoms with van der Waals surface area (Å²) in [5, 5.41) is 6.30. The summed E-state index contributed by atoms with van der Waals surface area (Å²) in [4.78, 5) is 23.9. The third kappa shape index (κ3) is 3.88. The molecular formula is C16H14ClFN4O2. The maximum Gasteiger partial charge on any atom is 0.288 e. The molecule has 8 heteroatoms. The van der Waals surface area contributed by atoms with Crippen LogP contribution in [0.2, 0.25) is 5.02 Å². The zero-order valence-corrected chi connectivity index (χ0v) is 13.4. The van der Waals surface area contributed by atoms with Crippen molar-refractivity contribution in [1.82, 2.24) is 5.32 Å². The van der Waals surface area contributed by atoms with E-state index < -0.39 is 17.5 Å². The fourth-order valence-electron chi connectivity index (χ4n) is 1.89. The predicted octanol–water partition coefficient (Wildman–Crippen LogP) is 2.14. The van der Waals surface area contributed by atoms with Crippen LogP contribution in [0.25, 0.3) is 0 Å². The molecule has 2 rings (SSSR count). The molecule has 0 bridgehead atoms. The van der Waals surface area contributed by atoms with Gasteiger partial charge in [0.15, 0.2) is 5.78 Å². The summed E-state index contributed by atoms with van der Waals surface area (Å²) >= 11 is 5.93. The van der Waals surface area contributed by atoms with Crippen LogP contribution in [0, 0.1) is 5.82 Å². The molecule has 0 fully saturated rings. The summed E-state index contributed by atoms with van der Waals surface area (Å²) in [7, 11) is 1.40. The molecule has 2 aromatic rings. The van der Waals surface area contributed by atoms with E-state index in [1.807, 2.05) is 0 Å². The molecule has 1 amide bonds. The lowest BCUT2D eigenvalue weighted by Crippen LogP contribution is -2.34. The van der Waals surface area contributed by atoms with Crippen LogP contribution in [0.1, 0.15) is 15.9 Å². The number of hydrogen-bond donors (Lipinski definition) is 3. The van der Waals surface area contributed by atoms with Gasteiger partial charge in [0.05, 0.1) is 11.3 Å². The van der Waals surface area contributed by atoms with Gasteiger partial charge < -0.3 is 11.1 Å². The highest BCUT2D eigenvalue weighted by molar-refractivity contribution is 6.37. The van der Waals surface area contributed by atoms with Crippen LogP contribution < -0.4 is 16.5 Å². The van der Waals surface area contributed by atoms with Gasteiger partial charge in [-0.25, -0.2) is 4.39 Å². The highest BCUT2D eigenvalue weighted by Crippen LogP contribution is 2.24. The molecule has 0 aliphatic heterocycles. The van der Waals surface area contributed by atoms with E-state index in [1.165, 1.54) is 43.4 Å². The van der Waals surface area contributed by atoms with Gasteiger partial charge in [0, 0.05) is 17.6 Å². The zero-order chi connectivity index (χ0) is 17.7. The molecule has 0 atom stereocenters. The van der Waals surface area contributed by atoms with Gasteiger partial charge in [0.2, 0.25) is 5.84 Å². The second-order valence-electron chi connectivity index (χ2n) is 4.69. The maximum atomic E-state index is 13.8. The third-order valence-corrected chi connectivity index (χ3v) is 3.34. The number of likely N-dealkylation sites (N-methyl/N-ethyl adjacent to an activating group) is 1. The maximum absolute atomic E-state index is 13.8. The molecule has 0 heterocycles. The van der Waals surface area contributed by atoms with E-state index in [2.05, 4.69) is 15.8 Å². The first-order valence-electron chi connectivity index (χ1n) is 6.84. The average Bonchev–Trinajstić information content (AvgIpc) is 2.59. The van der Waals surface area contributed by atoms with Crippen molar-refractivity contribution in [2.75, 3.05) is 12.5 Å². The van der Waals surface area contributed by atoms with Gasteiger partial charge in [0.1, 0.15) is 5.82 Å². The Morgan fingerprint density at radius 1 is 1.17 bits per heavy atom. The van der Waals surface area contributed by atoms with E-state index in [0.717, 1.165) is 0 Å². The van der Waals surface area contributed by atoms with Crippen molar-refractivity contribution in [3.63, 3.8) is 0 Å². The topological polar surface area (TPSA) is 96.6 Å². The molecule has 0 unspecified atom stereocenters. The van der Waals surface area contributed by atoms with Gasteiger partial charge in [-0.3, -0.25) is 15.0 Å². The van der Waals surface area contributed by atoms with Crippen LogP contribution in [0.15, 0.2) is 47.6 Å². The lowest BCUT2D eigenvalue weighted by molar-refractivity contribution is -0.114. The van der Waals surface area contributed by atoms with E-state index >= 15 is 0 Å². The number of benzene rings is 2. The summed E-state index contributed by atoms with van der Waals surface area (Å²) in [6.07, 6.45) is 0. The molecule has 0 saturated carbocycles. The molecule has 2 aromatic carbocycles. The van der Waals surface area contributed by atoms with Crippen LogP contribution in [0.5, 0.6) is 0 Å². The Bertz CT molecular complexity index is 823. The summed E-state index contributed by atoms with van der Waals surface area (Å²) in [6, 6.07) is 9.97. The van der Waals surface area contributed by atoms with Crippen molar-refractivity contribution in [1.29, 1.82) is 0 Å². The predicted molar refractivity (Wildman–Crippen MR) is 90.6 cm³/mol. The Labute approximate surface area is 142 Å². The molecule has 4 N–H and O–H groups in total. The van der Waals surface area contributed by atoms with Crippen molar-refractivity contribution >= 4 is 34.8 Å². The van der Waals surface area contributed by atoms with E-state index in [-0.39, 0.29) is 22.6 Å². The minimum absolute atomic E-state index is 0.0982. The number of amidine groups is 1. The van der Waals surface area contributed by atoms with E-state index in [4.69, 9.17) is 17.3 Å². The first-order chi connectivity index (χ1) is 11.4. The van der Waals surface area contributed by atoms with Crippen LogP contribution >= 0.6 is 11.6 Å². The smallest absolute Gasteiger partial charge is 0.288 e. The number of nitrogens with one attached hydrogen (secondary N) is 2. The van der Waals surface area contributed by atoms with Crippen LogP contribution in [-0.4, -0.2) is 24.6 Å². The normalized spacial score (nSPS) is 11.0. The van der Waals surface area contributed by atoms with Crippen molar-refractivity contribution < 1.29 is 14.0 Å². The second kappa shape index (κ2) is 7.56. The quantitative estimate of drug-likeness (QED) is 0.341. The van der Waals surface area contributed by atoms with Crippen LogP contribution in [0.3, 0.4) is 0 Å². The number of hydrogen-bond acceptors (Lipinski definition) is 4. The first-order valence-corrected chi connectivity index (χ1v) is 7.22. The minimum atomic E-state index is -0.651. The SMILES string of the molecule is CNC(=O)/C(N)=N/Nc1ccc(Cl)cc1C(=O)c1ccccc1F. The fourth-order valence-corrected chi connectivity index (χ4v) is 2.06. The van der Waals surface area contributed by atoms with E-state index in [9.17, 15) is 14.0 Å². The number of nitrogens with two attached hydrogens (primary N) is 1. The van der Waals surface area contributed by atoms with Gasteiger partial charge in [0.25, 0.3) is 5.91 Å². The molecule has 0 aliphatic carbocycles. The second-order valence-corrected chi connectivity index (χ2v) is 5.12. The summed E-state index contributed by atoms with van der Waals surface area (Å²) in [6.45, 7) is 0. The number of amides is 1. The van der Waals surface area contributed by atoms with Gasteiger partial charge >= 0.3 is 0 Å². The molecule has 0 aliphatic rings. The Morgan fingerprint density at radius 2 is 1.88 bits per heavy atom. The number of carbonyl (C=O) groups is 2. The summed E-state index contributed by atoms with van der Waals surface area (Å²) < 4.78 is 13.8. The van der Waals surface area contributed by atoms with Crippen molar-refractivity contribution in [2.24, 2.45) is 10.8 Å². The molecule has 24 heavy (non-hydrogen) atoms. The Hall–Kier alpha value is -2.93. The molecule has 0 radical (unpaired) electrons. The number of carbonyl (C=O) groups excluding carboxylic acids is 2. The van der Waals surface area contributed by atoms with Gasteiger partial charge in [-0.2, -0.15) is 5.10 Å². The fraction of sp³-hybridized carbons (Fsp3) is 0.0625. The molecular weight excluding hydrogens is 335 g/mol. The van der Waals surface area contributed by atoms with Crippen molar-refractivity contribution in [3.05, 3.63) is 64.4 Å². The number of nitrogens with zero attached hydrogens (tertiary/aromatic N) is 1. The lowest BCUT2D eigenvalue weighted by Gasteiger charge is -2.10. The lowest BCUT2D eigenvalue weighted by atomic mass is 10.0. The highest BCUT2D eigenvalue weighted by atomic mass is 35.5. The molecule has 6 nitrogen and oxygen atoms in total. The molecule has 0 saturated heterocycles. The standard InChI is InChI=1S/C16H14ClFN4O2/c1-20-16(24)15(19)22-21-13-7-6-9(17)8-11(13)14(23)10-4-2-3-5-12(10)18/h2-8,21H,1H3,(H2,19,22)(H,20,24). The van der Waals surface area contributed by atoms with Gasteiger partial charge in [-0.05, 0) is 30.3 Å². The summed E-state index contributed by atoms with van der Waals surface area (Å²) in [5.74, 6) is -2.14. The van der Waals surface area contributed by atoms with Crippen molar-refractivity contribution in [3.8, 4) is 0 Å². The van der Waals surface area contributed by atoms with Crippen LogP contribution in [-0.2, 0) is 4.79 Å². The third-order valence-electron chi connectivity index (χ3n) is 3.10. The van der Waals surface area contributed by atoms with Crippen LogP contribution in [0.4, 0.5) is 10.1 Å². The van der Waals surface area contributed by atoms with Gasteiger partial charge in [-0.15, -0.1) is 0 Å². The number of halogens is 2. The largest absolute Gasteiger partial charge is 0.378 e. The minimum Gasteiger partial charge on any atom is -0.378 e. The Morgan fingerprint density at radius 3 is 2.54 bits per heavy atom. The zero-order valence-electron chi connectivity index (χ0n) is 12.6. The number of rotatable bonds is 4. The van der Waals surface area contributed by atoms with E-state index in [0.29, 0.717) is 5.02 Å². The first kappa shape index (κ1) is 17.4. The number of hydrazone groups is 1. The molecule has 0 spiro atoms. The highest BCUT2D eigenvalue weighted by Gasteiger charge is 2.18. The average molecular weight is 349 g/mol. The monoisotopic (exact) mass is 348 g/mol. The number of ketones is 1. The Balaban J connectivity index is 2.40. The van der Waals surface area contributed by atoms with Gasteiger partial charge in [-0.1, -0.05) is 23.7 Å². The summed E-state index contributed by atoms with van der Waals surface area (Å²) in [5.41, 5.74) is 8.23. The Kier molecular flexibility index (Phi) is 5.49. The molecule has 0 aromatic heterocycles. The number of anilines is 1.